The van der Waals surface area contributed by atoms with Crippen LogP contribution in [0.1, 0.15) is 253 Å². The molecule has 0 rings (SSSR count). The van der Waals surface area contributed by atoms with E-state index in [1.807, 2.05) is 0 Å². The van der Waals surface area contributed by atoms with Crippen molar-refractivity contribution in [2.75, 3.05) is 53.5 Å². The molecule has 0 bridgehead atoms. The second-order valence-corrected chi connectivity index (χ2v) is 19.0. The Bertz CT molecular complexity index is 928. The van der Waals surface area contributed by atoms with Crippen LogP contribution in [0.3, 0.4) is 0 Å². The van der Waals surface area contributed by atoms with Crippen molar-refractivity contribution in [3.8, 4) is 0 Å². The number of rotatable bonds is 47. The third-order valence-corrected chi connectivity index (χ3v) is 12.7. The Kier molecular flexibility index (Phi) is 43.7. The zero-order valence-electron chi connectivity index (χ0n) is 42.0. The first-order valence-corrected chi connectivity index (χ1v) is 26.7. The van der Waals surface area contributed by atoms with E-state index in [1.165, 1.54) is 122 Å². The predicted octanol–water partition coefficient (Wildman–Crippen LogP) is 14.0. The largest absolute Gasteiger partial charge is 0.465 e. The number of hydrogen-bond acceptors (Lipinski definition) is 7. The highest BCUT2D eigenvalue weighted by Gasteiger charge is 2.20. The van der Waals surface area contributed by atoms with Crippen LogP contribution in [-0.4, -0.2) is 87.2 Å². The van der Waals surface area contributed by atoms with E-state index in [9.17, 15) is 14.4 Å². The summed E-state index contributed by atoms with van der Waals surface area (Å²) in [6, 6.07) is 0.381. The van der Waals surface area contributed by atoms with Gasteiger partial charge in [0.1, 0.15) is 0 Å². The number of esters is 2. The van der Waals surface area contributed by atoms with Gasteiger partial charge in [0, 0.05) is 38.4 Å². The van der Waals surface area contributed by atoms with Crippen LogP contribution in [0.25, 0.3) is 0 Å². The predicted molar refractivity (Wildman–Crippen MR) is 261 cm³/mol. The highest BCUT2D eigenvalue weighted by molar-refractivity contribution is 5.76. The number of carbonyl (C=O) groups is 3. The Morgan fingerprint density at radius 3 is 1.31 bits per heavy atom. The second kappa shape index (κ2) is 44.9. The molecule has 1 N–H and O–H groups in total. The summed E-state index contributed by atoms with van der Waals surface area (Å²) >= 11 is 0. The maximum atomic E-state index is 13.0. The van der Waals surface area contributed by atoms with Crippen molar-refractivity contribution in [1.82, 2.24) is 15.1 Å². The molecule has 0 heterocycles. The van der Waals surface area contributed by atoms with E-state index in [4.69, 9.17) is 9.47 Å². The first-order valence-electron chi connectivity index (χ1n) is 26.7. The fraction of sp³-hybridized carbons (Fsp3) is 0.943. The minimum Gasteiger partial charge on any atom is -0.465 e. The molecule has 61 heavy (non-hydrogen) atoms. The number of unbranched alkanes of at least 4 members (excludes halogenated alkanes) is 17. The van der Waals surface area contributed by atoms with Crippen LogP contribution in [0.15, 0.2) is 0 Å². The third kappa shape index (κ3) is 39.6. The minimum atomic E-state index is -0.0362. The quantitative estimate of drug-likeness (QED) is 0.0481. The van der Waals surface area contributed by atoms with Gasteiger partial charge in [0.05, 0.1) is 13.2 Å². The van der Waals surface area contributed by atoms with Gasteiger partial charge in [-0.2, -0.15) is 0 Å². The summed E-state index contributed by atoms with van der Waals surface area (Å²) in [6.07, 6.45) is 37.5. The summed E-state index contributed by atoms with van der Waals surface area (Å²) < 4.78 is 11.7. The molecule has 0 aromatic carbocycles. The average Bonchev–Trinajstić information content (AvgIpc) is 3.24. The van der Waals surface area contributed by atoms with Crippen molar-refractivity contribution >= 4 is 17.8 Å². The highest BCUT2D eigenvalue weighted by atomic mass is 16.5. The number of carbonyl (C=O) groups excluding carboxylic acids is 3. The standard InChI is InChI=1S/C53H105N3O5/c1-8-13-18-21-22-31-42-54-51(57)41-45-56(44-32-43-55(6)7)50(37-27-23-29-39-52(58)60-46-48(33-16-11-4)35-25-19-14-9-2)38-28-24-30-40-53(59)61-47-49(34-17-12-5)36-26-20-15-10-3/h48-50H,8-47H2,1-7H3,(H,54,57). The molecule has 0 saturated carbocycles. The molecule has 0 aliphatic rings. The normalized spacial score (nSPS) is 13.1. The smallest absolute Gasteiger partial charge is 0.305 e. The van der Waals surface area contributed by atoms with Crippen molar-refractivity contribution in [3.63, 3.8) is 0 Å². The molecule has 8 heteroatoms. The van der Waals surface area contributed by atoms with Crippen LogP contribution in [0.5, 0.6) is 0 Å². The molecule has 1 amide bonds. The fourth-order valence-corrected chi connectivity index (χ4v) is 8.59. The molecule has 0 aromatic rings. The minimum absolute atomic E-state index is 0.0362. The van der Waals surface area contributed by atoms with E-state index in [0.29, 0.717) is 50.4 Å². The van der Waals surface area contributed by atoms with Crippen LogP contribution >= 0.6 is 0 Å². The second-order valence-electron chi connectivity index (χ2n) is 19.0. The number of nitrogens with zero attached hydrogens (tertiary/aromatic N) is 2. The van der Waals surface area contributed by atoms with Crippen molar-refractivity contribution in [2.45, 2.75) is 259 Å². The van der Waals surface area contributed by atoms with Gasteiger partial charge in [-0.25, -0.2) is 0 Å². The van der Waals surface area contributed by atoms with E-state index >= 15 is 0 Å². The maximum absolute atomic E-state index is 13.0. The molecule has 0 aromatic heterocycles. The zero-order chi connectivity index (χ0) is 45.0. The summed E-state index contributed by atoms with van der Waals surface area (Å²) in [4.78, 5) is 43.5. The zero-order valence-corrected chi connectivity index (χ0v) is 42.0. The molecule has 362 valence electrons. The van der Waals surface area contributed by atoms with Gasteiger partial charge in [0.15, 0.2) is 0 Å². The molecule has 0 aliphatic carbocycles. The molecule has 0 radical (unpaired) electrons. The molecular weight excluding hydrogens is 759 g/mol. The summed E-state index contributed by atoms with van der Waals surface area (Å²) in [5.41, 5.74) is 0. The lowest BCUT2D eigenvalue weighted by Gasteiger charge is -2.32. The lowest BCUT2D eigenvalue weighted by atomic mass is 9.96. The van der Waals surface area contributed by atoms with Crippen molar-refractivity contribution in [3.05, 3.63) is 0 Å². The van der Waals surface area contributed by atoms with Gasteiger partial charge in [0.2, 0.25) is 5.91 Å². The Morgan fingerprint density at radius 2 is 0.836 bits per heavy atom. The van der Waals surface area contributed by atoms with Gasteiger partial charge in [-0.05, 0) is 103 Å². The third-order valence-electron chi connectivity index (χ3n) is 12.7. The Balaban J connectivity index is 5.27. The van der Waals surface area contributed by atoms with E-state index in [-0.39, 0.29) is 17.8 Å². The monoisotopic (exact) mass is 864 g/mol. The van der Waals surface area contributed by atoms with Gasteiger partial charge in [0.25, 0.3) is 0 Å². The molecular formula is C53H105N3O5. The SMILES string of the molecule is CCCCCCCCNC(=O)CCN(CCCN(C)C)C(CCCCCC(=O)OCC(CCCC)CCCCCC)CCCCCC(=O)OCC(CCCC)CCCCCC. The lowest BCUT2D eigenvalue weighted by molar-refractivity contribution is -0.146. The number of ether oxygens (including phenoxy) is 2. The number of amides is 1. The topological polar surface area (TPSA) is 88.2 Å². The Morgan fingerprint density at radius 1 is 0.426 bits per heavy atom. The molecule has 8 nitrogen and oxygen atoms in total. The summed E-state index contributed by atoms with van der Waals surface area (Å²) in [6.45, 7) is 15.9. The van der Waals surface area contributed by atoms with Crippen LogP contribution in [-0.2, 0) is 23.9 Å². The Hall–Kier alpha value is -1.67. The van der Waals surface area contributed by atoms with Crippen LogP contribution in [0.2, 0.25) is 0 Å². The van der Waals surface area contributed by atoms with Gasteiger partial charge >= 0.3 is 11.9 Å². The molecule has 2 unspecified atom stereocenters. The van der Waals surface area contributed by atoms with E-state index in [0.717, 1.165) is 103 Å². The molecule has 0 spiro atoms. The van der Waals surface area contributed by atoms with Gasteiger partial charge < -0.3 is 19.7 Å². The van der Waals surface area contributed by atoms with Crippen molar-refractivity contribution in [2.24, 2.45) is 11.8 Å². The van der Waals surface area contributed by atoms with E-state index < -0.39 is 0 Å². The first-order chi connectivity index (χ1) is 29.7. The van der Waals surface area contributed by atoms with Crippen molar-refractivity contribution in [1.29, 1.82) is 0 Å². The number of nitrogens with one attached hydrogen (secondary N) is 1. The molecule has 0 saturated heterocycles. The van der Waals surface area contributed by atoms with Gasteiger partial charge in [-0.15, -0.1) is 0 Å². The van der Waals surface area contributed by atoms with Crippen LogP contribution in [0, 0.1) is 11.8 Å². The molecule has 0 aliphatic heterocycles. The van der Waals surface area contributed by atoms with E-state index in [2.05, 4.69) is 63.8 Å². The first kappa shape index (κ1) is 59.3. The van der Waals surface area contributed by atoms with Crippen LogP contribution in [0.4, 0.5) is 0 Å². The van der Waals surface area contributed by atoms with Gasteiger partial charge in [-0.1, -0.05) is 169 Å². The summed E-state index contributed by atoms with van der Waals surface area (Å²) in [7, 11) is 4.26. The van der Waals surface area contributed by atoms with Gasteiger partial charge in [-0.3, -0.25) is 19.3 Å². The Labute approximate surface area is 379 Å². The molecule has 2 atom stereocenters. The maximum Gasteiger partial charge on any atom is 0.305 e. The molecule has 0 fully saturated rings. The van der Waals surface area contributed by atoms with E-state index in [1.54, 1.807) is 0 Å². The lowest BCUT2D eigenvalue weighted by Crippen LogP contribution is -2.40. The summed E-state index contributed by atoms with van der Waals surface area (Å²) in [5, 5.41) is 3.21. The fourth-order valence-electron chi connectivity index (χ4n) is 8.59. The average molecular weight is 864 g/mol. The summed E-state index contributed by atoms with van der Waals surface area (Å²) in [5.74, 6) is 1.09. The highest BCUT2D eigenvalue weighted by Crippen LogP contribution is 2.22. The number of hydrogen-bond donors (Lipinski definition) is 1. The van der Waals surface area contributed by atoms with Crippen molar-refractivity contribution < 1.29 is 23.9 Å². The van der Waals surface area contributed by atoms with Crippen LogP contribution < -0.4 is 5.32 Å².